The molecule has 2 saturated heterocycles. The van der Waals surface area contributed by atoms with Crippen molar-refractivity contribution >= 4 is 46.4 Å². The summed E-state index contributed by atoms with van der Waals surface area (Å²) < 4.78 is 18.3. The monoisotopic (exact) mass is 511 g/mol. The third-order valence-electron chi connectivity index (χ3n) is 6.44. The summed E-state index contributed by atoms with van der Waals surface area (Å²) in [6.07, 6.45) is 2.86. The minimum Gasteiger partial charge on any atom is -0.402 e. The van der Waals surface area contributed by atoms with Crippen molar-refractivity contribution in [3.05, 3.63) is 34.4 Å². The van der Waals surface area contributed by atoms with Crippen LogP contribution in [0.3, 0.4) is 0 Å². The van der Waals surface area contributed by atoms with Gasteiger partial charge >= 0.3 is 7.12 Å². The third kappa shape index (κ3) is 5.65. The highest BCUT2D eigenvalue weighted by Gasteiger charge is 2.44. The first-order valence-electron chi connectivity index (χ1n) is 12.4. The van der Waals surface area contributed by atoms with E-state index in [1.165, 1.54) is 11.3 Å². The Labute approximate surface area is 216 Å². The molecule has 0 saturated carbocycles. The standard InChI is InChI=1S/C25H34BN5O4S/c1-15-10-31(11-16(2)33-15)12-22-28-21(13-36-22)23(32)29-19-7-17(8-20-18(19)9-27-30-20)26-34-24(3,4)14-25(5,6)35-26/h7-9,13,15-16H,10-12,14H2,1-6H3,(H,27,30)(H,29,32)/t15-,16+. The van der Waals surface area contributed by atoms with Crippen molar-refractivity contribution in [2.75, 3.05) is 18.4 Å². The van der Waals surface area contributed by atoms with Crippen LogP contribution in [0.4, 0.5) is 5.69 Å². The minimum atomic E-state index is -0.559. The number of carbonyl (C=O) groups is 1. The minimum absolute atomic E-state index is 0.189. The Morgan fingerprint density at radius 1 is 1.19 bits per heavy atom. The van der Waals surface area contributed by atoms with E-state index < -0.39 is 7.12 Å². The first kappa shape index (κ1) is 25.3. The summed E-state index contributed by atoms with van der Waals surface area (Å²) in [6.45, 7) is 14.9. The Morgan fingerprint density at radius 3 is 2.58 bits per heavy atom. The average Bonchev–Trinajstić information content (AvgIpc) is 3.40. The molecule has 2 aliphatic rings. The number of thiazole rings is 1. The van der Waals surface area contributed by atoms with Gasteiger partial charge in [0.2, 0.25) is 0 Å². The van der Waals surface area contributed by atoms with Gasteiger partial charge in [0.05, 0.1) is 47.4 Å². The van der Waals surface area contributed by atoms with Crippen LogP contribution in [0.5, 0.6) is 0 Å². The molecule has 0 spiro atoms. The molecule has 5 rings (SSSR count). The Balaban J connectivity index is 1.34. The fourth-order valence-corrected chi connectivity index (χ4v) is 6.26. The van der Waals surface area contributed by atoms with Crippen molar-refractivity contribution in [3.8, 4) is 0 Å². The summed E-state index contributed by atoms with van der Waals surface area (Å²) in [7, 11) is -0.559. The van der Waals surface area contributed by atoms with Gasteiger partial charge in [0, 0.05) is 30.3 Å². The lowest BCUT2D eigenvalue weighted by atomic mass is 9.72. The molecule has 11 heteroatoms. The number of nitrogens with zero attached hydrogens (tertiary/aromatic N) is 3. The molecular weight excluding hydrogens is 477 g/mol. The van der Waals surface area contributed by atoms with E-state index in [9.17, 15) is 4.79 Å². The second kappa shape index (κ2) is 9.53. The third-order valence-corrected chi connectivity index (χ3v) is 7.28. The molecule has 2 aromatic heterocycles. The van der Waals surface area contributed by atoms with Crippen molar-refractivity contribution < 1.29 is 18.8 Å². The largest absolute Gasteiger partial charge is 0.494 e. The van der Waals surface area contributed by atoms with Crippen LogP contribution in [0.2, 0.25) is 0 Å². The molecule has 2 aliphatic heterocycles. The lowest BCUT2D eigenvalue weighted by Crippen LogP contribution is -2.56. The number of aromatic amines is 1. The molecule has 3 aromatic rings. The molecule has 0 radical (unpaired) electrons. The van der Waals surface area contributed by atoms with Gasteiger partial charge < -0.3 is 19.4 Å². The number of amides is 1. The van der Waals surface area contributed by atoms with Crippen molar-refractivity contribution in [2.45, 2.75) is 77.9 Å². The number of morpholine rings is 1. The van der Waals surface area contributed by atoms with Crippen molar-refractivity contribution in [3.63, 3.8) is 0 Å². The molecule has 4 heterocycles. The maximum atomic E-state index is 13.2. The number of carbonyl (C=O) groups excluding carboxylic acids is 1. The Morgan fingerprint density at radius 2 is 1.89 bits per heavy atom. The highest BCUT2D eigenvalue weighted by atomic mass is 32.1. The predicted octanol–water partition coefficient (Wildman–Crippen LogP) is 3.57. The van der Waals surface area contributed by atoms with Gasteiger partial charge in [-0.1, -0.05) is 0 Å². The van der Waals surface area contributed by atoms with Gasteiger partial charge in [-0.25, -0.2) is 4.98 Å². The van der Waals surface area contributed by atoms with Gasteiger partial charge in [-0.2, -0.15) is 5.10 Å². The van der Waals surface area contributed by atoms with Gasteiger partial charge in [-0.15, -0.1) is 11.3 Å². The fourth-order valence-electron chi connectivity index (χ4n) is 5.44. The zero-order valence-corrected chi connectivity index (χ0v) is 22.6. The van der Waals surface area contributed by atoms with E-state index >= 15 is 0 Å². The SMILES string of the molecule is C[C@@H]1CN(Cc2nc(C(=O)Nc3cc(B4OC(C)(C)CC(C)(C)O4)cc4[nH]ncc34)cs2)C[C@H](C)O1. The molecule has 0 bridgehead atoms. The zero-order valence-electron chi connectivity index (χ0n) is 21.8. The van der Waals surface area contributed by atoms with E-state index in [1.807, 2.05) is 17.5 Å². The van der Waals surface area contributed by atoms with Crippen molar-refractivity contribution in [1.29, 1.82) is 0 Å². The van der Waals surface area contributed by atoms with Crippen molar-refractivity contribution in [2.24, 2.45) is 0 Å². The molecule has 36 heavy (non-hydrogen) atoms. The number of hydrogen-bond acceptors (Lipinski definition) is 8. The predicted molar refractivity (Wildman–Crippen MR) is 142 cm³/mol. The van der Waals surface area contributed by atoms with E-state index in [0.29, 0.717) is 17.9 Å². The van der Waals surface area contributed by atoms with Crippen LogP contribution in [-0.4, -0.2) is 69.6 Å². The summed E-state index contributed by atoms with van der Waals surface area (Å²) in [5.74, 6) is -0.257. The van der Waals surface area contributed by atoms with Crippen LogP contribution in [0.15, 0.2) is 23.7 Å². The summed E-state index contributed by atoms with van der Waals surface area (Å²) >= 11 is 1.50. The molecule has 9 nitrogen and oxygen atoms in total. The van der Waals surface area contributed by atoms with Crippen molar-refractivity contribution in [1.82, 2.24) is 20.1 Å². The van der Waals surface area contributed by atoms with E-state index in [2.05, 4.69) is 66.9 Å². The second-order valence-corrected chi connectivity index (χ2v) is 12.1. The second-order valence-electron chi connectivity index (χ2n) is 11.2. The molecule has 0 unspecified atom stereocenters. The number of hydrogen-bond donors (Lipinski definition) is 2. The number of rotatable bonds is 5. The van der Waals surface area contributed by atoms with Gasteiger partial charge in [-0.05, 0) is 59.1 Å². The maximum absolute atomic E-state index is 13.2. The summed E-state index contributed by atoms with van der Waals surface area (Å²) in [4.78, 5) is 20.1. The molecule has 192 valence electrons. The van der Waals surface area contributed by atoms with Gasteiger partial charge in [0.1, 0.15) is 10.7 Å². The van der Waals surface area contributed by atoms with Gasteiger partial charge in [-0.3, -0.25) is 14.8 Å². The number of fused-ring (bicyclic) bond motifs is 1. The van der Waals surface area contributed by atoms with E-state index in [1.54, 1.807) is 6.20 Å². The average molecular weight is 511 g/mol. The number of benzene rings is 1. The molecule has 2 atom stereocenters. The summed E-state index contributed by atoms with van der Waals surface area (Å²) in [5, 5.41) is 13.8. The first-order valence-corrected chi connectivity index (χ1v) is 13.3. The number of aromatic nitrogens is 3. The topological polar surface area (TPSA) is 102 Å². The lowest BCUT2D eigenvalue weighted by Gasteiger charge is -2.44. The van der Waals surface area contributed by atoms with Crippen LogP contribution in [0.25, 0.3) is 10.9 Å². The lowest BCUT2D eigenvalue weighted by molar-refractivity contribution is -0.0717. The molecule has 1 aromatic carbocycles. The first-order chi connectivity index (χ1) is 17.0. The smallest absolute Gasteiger partial charge is 0.402 e. The number of nitrogens with one attached hydrogen (secondary N) is 2. The van der Waals surface area contributed by atoms with Crippen LogP contribution < -0.4 is 10.8 Å². The Bertz CT molecular complexity index is 1230. The molecule has 2 fully saturated rings. The Kier molecular flexibility index (Phi) is 6.71. The van der Waals surface area contributed by atoms with Crippen LogP contribution in [-0.2, 0) is 20.6 Å². The van der Waals surface area contributed by atoms with Crippen LogP contribution in [0.1, 0.15) is 63.5 Å². The number of H-pyrrole nitrogens is 1. The number of anilines is 1. The summed E-state index contributed by atoms with van der Waals surface area (Å²) in [5.41, 5.74) is 1.97. The highest BCUT2D eigenvalue weighted by molar-refractivity contribution is 7.09. The van der Waals surface area contributed by atoms with Crippen LogP contribution >= 0.6 is 11.3 Å². The van der Waals surface area contributed by atoms with E-state index in [4.69, 9.17) is 14.0 Å². The summed E-state index contributed by atoms with van der Waals surface area (Å²) in [6, 6.07) is 3.87. The Hall–Kier alpha value is -2.31. The number of ether oxygens (including phenoxy) is 1. The van der Waals surface area contributed by atoms with E-state index in [0.717, 1.165) is 40.9 Å². The van der Waals surface area contributed by atoms with E-state index in [-0.39, 0.29) is 29.3 Å². The maximum Gasteiger partial charge on any atom is 0.494 e. The van der Waals surface area contributed by atoms with Gasteiger partial charge in [0.15, 0.2) is 0 Å². The zero-order chi connectivity index (χ0) is 25.7. The molecule has 0 aliphatic carbocycles. The molecule has 2 N–H and O–H groups in total. The molecular formula is C25H34BN5O4S. The quantitative estimate of drug-likeness (QED) is 0.505. The highest BCUT2D eigenvalue weighted by Crippen LogP contribution is 2.33. The van der Waals surface area contributed by atoms with Crippen LogP contribution in [0, 0.1) is 0 Å². The normalized spacial score (nSPS) is 24.2. The molecule has 1 amide bonds. The fraction of sp³-hybridized carbons (Fsp3) is 0.560. The van der Waals surface area contributed by atoms with Gasteiger partial charge in [0.25, 0.3) is 5.91 Å².